The lowest BCUT2D eigenvalue weighted by molar-refractivity contribution is 0.0696. The number of hydrogen-bond donors (Lipinski definition) is 3. The molecule has 15 heavy (non-hydrogen) atoms. The van der Waals surface area contributed by atoms with Gasteiger partial charge in [-0.25, -0.2) is 4.79 Å². The highest BCUT2D eigenvalue weighted by Crippen LogP contribution is 2.27. The molecule has 6 heteroatoms. The standard InChI is InChI=1S/C9H9BrN2O2S/c1-4-2-5(8(13)14)3-6(10)7(4)12-9(11)15/h2-3H,1H3,(H,13,14)(H3,11,12,15). The lowest BCUT2D eigenvalue weighted by Gasteiger charge is -2.11. The lowest BCUT2D eigenvalue weighted by atomic mass is 10.1. The number of nitrogens with two attached hydrogens (primary N) is 1. The third kappa shape index (κ3) is 2.90. The minimum Gasteiger partial charge on any atom is -0.478 e. The molecule has 0 spiro atoms. The fourth-order valence-electron chi connectivity index (χ4n) is 1.15. The molecule has 0 amide bonds. The number of rotatable bonds is 2. The first-order valence-electron chi connectivity index (χ1n) is 4.01. The van der Waals surface area contributed by atoms with E-state index in [1.807, 2.05) is 0 Å². The zero-order valence-corrected chi connectivity index (χ0v) is 10.3. The molecule has 0 radical (unpaired) electrons. The van der Waals surface area contributed by atoms with Gasteiger partial charge in [0.2, 0.25) is 0 Å². The van der Waals surface area contributed by atoms with Crippen molar-refractivity contribution in [2.24, 2.45) is 5.73 Å². The molecule has 0 aliphatic rings. The van der Waals surface area contributed by atoms with Crippen molar-refractivity contribution >= 4 is 44.9 Å². The molecule has 1 rings (SSSR count). The molecule has 0 heterocycles. The number of nitrogens with one attached hydrogen (secondary N) is 1. The monoisotopic (exact) mass is 288 g/mol. The van der Waals surface area contributed by atoms with E-state index >= 15 is 0 Å². The van der Waals surface area contributed by atoms with E-state index in [9.17, 15) is 4.79 Å². The smallest absolute Gasteiger partial charge is 0.335 e. The molecule has 1 aromatic carbocycles. The van der Waals surface area contributed by atoms with Gasteiger partial charge in [0.05, 0.1) is 11.3 Å². The molecule has 80 valence electrons. The Kier molecular flexibility index (Phi) is 3.65. The van der Waals surface area contributed by atoms with Gasteiger partial charge in [-0.05, 0) is 52.8 Å². The van der Waals surface area contributed by atoms with Crippen molar-refractivity contribution in [3.8, 4) is 0 Å². The third-order valence-electron chi connectivity index (χ3n) is 1.78. The van der Waals surface area contributed by atoms with Crippen LogP contribution < -0.4 is 11.1 Å². The highest BCUT2D eigenvalue weighted by atomic mass is 79.9. The first kappa shape index (κ1) is 11.9. The van der Waals surface area contributed by atoms with Gasteiger partial charge < -0.3 is 16.2 Å². The van der Waals surface area contributed by atoms with Crippen LogP contribution in [0.5, 0.6) is 0 Å². The molecule has 0 bridgehead atoms. The van der Waals surface area contributed by atoms with Crippen LogP contribution in [-0.4, -0.2) is 16.2 Å². The molecule has 4 N–H and O–H groups in total. The van der Waals surface area contributed by atoms with Crippen LogP contribution >= 0.6 is 28.1 Å². The number of aryl methyl sites for hydroxylation is 1. The zero-order chi connectivity index (χ0) is 11.6. The normalized spacial score (nSPS) is 9.73. The number of carbonyl (C=O) groups is 1. The summed E-state index contributed by atoms with van der Waals surface area (Å²) in [6.45, 7) is 1.78. The van der Waals surface area contributed by atoms with Gasteiger partial charge in [0.15, 0.2) is 5.11 Å². The summed E-state index contributed by atoms with van der Waals surface area (Å²) in [4.78, 5) is 10.7. The van der Waals surface area contributed by atoms with Crippen LogP contribution in [0.25, 0.3) is 0 Å². The summed E-state index contributed by atoms with van der Waals surface area (Å²) in [7, 11) is 0. The number of aromatic carboxylic acids is 1. The highest BCUT2D eigenvalue weighted by Gasteiger charge is 2.10. The molecule has 0 aliphatic heterocycles. The fourth-order valence-corrected chi connectivity index (χ4v) is 1.91. The Balaban J connectivity index is 3.21. The summed E-state index contributed by atoms with van der Waals surface area (Å²) in [5, 5.41) is 11.7. The van der Waals surface area contributed by atoms with Crippen LogP contribution in [0.4, 0.5) is 5.69 Å². The number of anilines is 1. The predicted molar refractivity (Wildman–Crippen MR) is 66.2 cm³/mol. The largest absolute Gasteiger partial charge is 0.478 e. The van der Waals surface area contributed by atoms with Crippen molar-refractivity contribution in [1.82, 2.24) is 0 Å². The maximum absolute atomic E-state index is 10.7. The number of carboxylic acid groups (broad SMARTS) is 1. The van der Waals surface area contributed by atoms with Crippen molar-refractivity contribution in [1.29, 1.82) is 0 Å². The summed E-state index contributed by atoms with van der Waals surface area (Å²) >= 11 is 7.96. The van der Waals surface area contributed by atoms with Gasteiger partial charge in [-0.15, -0.1) is 0 Å². The van der Waals surface area contributed by atoms with E-state index in [1.165, 1.54) is 6.07 Å². The first-order valence-corrected chi connectivity index (χ1v) is 5.22. The molecule has 0 saturated heterocycles. The number of benzene rings is 1. The van der Waals surface area contributed by atoms with Crippen LogP contribution in [0.3, 0.4) is 0 Å². The SMILES string of the molecule is Cc1cc(C(=O)O)cc(Br)c1NC(N)=S. The average Bonchev–Trinajstić information content (AvgIpc) is 2.10. The second-order valence-electron chi connectivity index (χ2n) is 2.94. The molecular formula is C9H9BrN2O2S. The Morgan fingerprint density at radius 2 is 2.20 bits per heavy atom. The number of halogens is 1. The maximum Gasteiger partial charge on any atom is 0.335 e. The van der Waals surface area contributed by atoms with Gasteiger partial charge >= 0.3 is 5.97 Å². The summed E-state index contributed by atoms with van der Waals surface area (Å²) in [5.74, 6) is -0.972. The van der Waals surface area contributed by atoms with Gasteiger partial charge in [0.25, 0.3) is 0 Å². The Hall–Kier alpha value is -1.14. The molecule has 0 fully saturated rings. The average molecular weight is 289 g/mol. The van der Waals surface area contributed by atoms with Crippen LogP contribution in [0.1, 0.15) is 15.9 Å². The Morgan fingerprint density at radius 1 is 1.60 bits per heavy atom. The van der Waals surface area contributed by atoms with Crippen molar-refractivity contribution in [2.75, 3.05) is 5.32 Å². The van der Waals surface area contributed by atoms with Crippen molar-refractivity contribution < 1.29 is 9.90 Å². The quantitative estimate of drug-likeness (QED) is 0.727. The molecule has 0 atom stereocenters. The Labute approximate surface area is 101 Å². The summed E-state index contributed by atoms with van der Waals surface area (Å²) < 4.78 is 0.618. The van der Waals surface area contributed by atoms with E-state index < -0.39 is 5.97 Å². The van der Waals surface area contributed by atoms with E-state index in [-0.39, 0.29) is 10.7 Å². The molecule has 0 aliphatic carbocycles. The fraction of sp³-hybridized carbons (Fsp3) is 0.111. The van der Waals surface area contributed by atoms with Gasteiger partial charge in [0, 0.05) is 4.47 Å². The Morgan fingerprint density at radius 3 is 2.60 bits per heavy atom. The molecule has 0 saturated carbocycles. The van der Waals surface area contributed by atoms with Gasteiger partial charge in [-0.3, -0.25) is 0 Å². The molecule has 0 unspecified atom stereocenters. The summed E-state index contributed by atoms with van der Waals surface area (Å²) in [6.07, 6.45) is 0. The first-order chi connectivity index (χ1) is 6.91. The maximum atomic E-state index is 10.7. The van der Waals surface area contributed by atoms with Crippen LogP contribution in [0, 0.1) is 6.92 Å². The number of thiocarbonyl (C=S) groups is 1. The van der Waals surface area contributed by atoms with E-state index in [2.05, 4.69) is 21.2 Å². The minimum absolute atomic E-state index is 0.141. The van der Waals surface area contributed by atoms with Crippen molar-refractivity contribution in [3.63, 3.8) is 0 Å². The summed E-state index contributed by atoms with van der Waals surface area (Å²) in [6, 6.07) is 3.05. The van der Waals surface area contributed by atoms with Crippen LogP contribution in [-0.2, 0) is 0 Å². The van der Waals surface area contributed by atoms with Crippen LogP contribution in [0.2, 0.25) is 0 Å². The number of hydrogen-bond acceptors (Lipinski definition) is 2. The minimum atomic E-state index is -0.972. The zero-order valence-electron chi connectivity index (χ0n) is 7.87. The number of carboxylic acids is 1. The van der Waals surface area contributed by atoms with Gasteiger partial charge in [-0.1, -0.05) is 0 Å². The van der Waals surface area contributed by atoms with E-state index in [4.69, 9.17) is 23.1 Å². The summed E-state index contributed by atoms with van der Waals surface area (Å²) in [5.41, 5.74) is 7.01. The third-order valence-corrected chi connectivity index (χ3v) is 2.51. The molecule has 4 nitrogen and oxygen atoms in total. The lowest BCUT2D eigenvalue weighted by Crippen LogP contribution is -2.20. The van der Waals surface area contributed by atoms with Gasteiger partial charge in [-0.2, -0.15) is 0 Å². The van der Waals surface area contributed by atoms with Crippen molar-refractivity contribution in [3.05, 3.63) is 27.7 Å². The second-order valence-corrected chi connectivity index (χ2v) is 4.24. The van der Waals surface area contributed by atoms with Crippen LogP contribution in [0.15, 0.2) is 16.6 Å². The molecule has 1 aromatic rings. The Bertz CT molecular complexity index is 411. The topological polar surface area (TPSA) is 75.3 Å². The second kappa shape index (κ2) is 4.59. The molecule has 0 aromatic heterocycles. The molecular weight excluding hydrogens is 280 g/mol. The predicted octanol–water partition coefficient (Wildman–Crippen LogP) is 2.11. The highest BCUT2D eigenvalue weighted by molar-refractivity contribution is 9.10. The van der Waals surface area contributed by atoms with E-state index in [0.717, 1.165) is 5.56 Å². The van der Waals surface area contributed by atoms with Crippen molar-refractivity contribution in [2.45, 2.75) is 6.92 Å². The van der Waals surface area contributed by atoms with E-state index in [1.54, 1.807) is 13.0 Å². The van der Waals surface area contributed by atoms with E-state index in [0.29, 0.717) is 10.2 Å². The van der Waals surface area contributed by atoms with Gasteiger partial charge in [0.1, 0.15) is 0 Å².